The van der Waals surface area contributed by atoms with Gasteiger partial charge in [-0.25, -0.2) is 8.78 Å². The lowest BCUT2D eigenvalue weighted by Gasteiger charge is -2.37. The van der Waals surface area contributed by atoms with Crippen LogP contribution < -0.4 is 0 Å². The molecular formula is C18H23F2NO. The summed E-state index contributed by atoms with van der Waals surface area (Å²) in [5.41, 5.74) is 0.573. The molecule has 0 radical (unpaired) electrons. The van der Waals surface area contributed by atoms with E-state index in [-0.39, 0.29) is 5.92 Å². The van der Waals surface area contributed by atoms with Crippen LogP contribution in [0.25, 0.3) is 0 Å². The van der Waals surface area contributed by atoms with Gasteiger partial charge in [-0.1, -0.05) is 12.5 Å². The Hall–Kier alpha value is -1.45. The Kier molecular flexibility index (Phi) is 4.74. The van der Waals surface area contributed by atoms with Gasteiger partial charge >= 0.3 is 0 Å². The fraction of sp³-hybridized carbons (Fsp3) is 0.611. The van der Waals surface area contributed by atoms with Gasteiger partial charge in [0, 0.05) is 25.1 Å². The number of carbonyl (C=O) groups excluding carboxylic acids is 1. The number of hydrogen-bond acceptors (Lipinski definition) is 1. The van der Waals surface area contributed by atoms with E-state index in [4.69, 9.17) is 0 Å². The lowest BCUT2D eigenvalue weighted by Crippen LogP contribution is -2.44. The molecule has 1 atom stereocenters. The van der Waals surface area contributed by atoms with Gasteiger partial charge in [0.1, 0.15) is 11.6 Å². The first-order chi connectivity index (χ1) is 10.6. The normalized spacial score (nSPS) is 22.5. The first kappa shape index (κ1) is 15.4. The summed E-state index contributed by atoms with van der Waals surface area (Å²) in [5.74, 6) is 0.0221. The van der Waals surface area contributed by atoms with Crippen molar-refractivity contribution in [2.75, 3.05) is 13.1 Å². The Morgan fingerprint density at radius 1 is 1.18 bits per heavy atom. The van der Waals surface area contributed by atoms with E-state index in [9.17, 15) is 13.6 Å². The lowest BCUT2D eigenvalue weighted by atomic mass is 9.83. The number of halogens is 2. The summed E-state index contributed by atoms with van der Waals surface area (Å²) >= 11 is 0. The maximum absolute atomic E-state index is 13.7. The van der Waals surface area contributed by atoms with Crippen LogP contribution in [0.2, 0.25) is 0 Å². The van der Waals surface area contributed by atoms with Crippen LogP contribution >= 0.6 is 0 Å². The van der Waals surface area contributed by atoms with Crippen LogP contribution in [-0.4, -0.2) is 23.9 Å². The van der Waals surface area contributed by atoms with Gasteiger partial charge in [0.2, 0.25) is 5.91 Å². The van der Waals surface area contributed by atoms with Gasteiger partial charge in [-0.2, -0.15) is 0 Å². The number of piperidine rings is 1. The summed E-state index contributed by atoms with van der Waals surface area (Å²) in [7, 11) is 0. The zero-order chi connectivity index (χ0) is 15.5. The van der Waals surface area contributed by atoms with Gasteiger partial charge in [-0.15, -0.1) is 0 Å². The Morgan fingerprint density at radius 3 is 2.68 bits per heavy atom. The van der Waals surface area contributed by atoms with Gasteiger partial charge in [0.15, 0.2) is 0 Å². The van der Waals surface area contributed by atoms with Gasteiger partial charge in [-0.3, -0.25) is 4.79 Å². The average Bonchev–Trinajstić information content (AvgIpc) is 2.45. The predicted molar refractivity (Wildman–Crippen MR) is 81.3 cm³/mol. The molecule has 22 heavy (non-hydrogen) atoms. The number of amides is 1. The second kappa shape index (κ2) is 6.76. The highest BCUT2D eigenvalue weighted by Gasteiger charge is 2.32. The molecule has 1 aliphatic carbocycles. The van der Waals surface area contributed by atoms with Crippen LogP contribution in [-0.2, 0) is 11.2 Å². The van der Waals surface area contributed by atoms with E-state index in [1.807, 2.05) is 4.90 Å². The summed E-state index contributed by atoms with van der Waals surface area (Å²) in [4.78, 5) is 14.3. The van der Waals surface area contributed by atoms with E-state index in [2.05, 4.69) is 0 Å². The van der Waals surface area contributed by atoms with Gasteiger partial charge in [0.25, 0.3) is 0 Å². The SMILES string of the molecule is O=C(C1CCC1)N1CCCC(CCc2ccc(F)cc2F)C1. The zero-order valence-corrected chi connectivity index (χ0v) is 12.9. The summed E-state index contributed by atoms with van der Waals surface area (Å²) in [6.07, 6.45) is 6.87. The summed E-state index contributed by atoms with van der Waals surface area (Å²) < 4.78 is 26.6. The van der Waals surface area contributed by atoms with Crippen molar-refractivity contribution in [3.63, 3.8) is 0 Å². The molecule has 0 spiro atoms. The molecule has 120 valence electrons. The minimum Gasteiger partial charge on any atom is -0.342 e. The molecule has 0 aromatic heterocycles. The summed E-state index contributed by atoms with van der Waals surface area (Å²) in [5, 5.41) is 0. The fourth-order valence-electron chi connectivity index (χ4n) is 3.50. The Bertz CT molecular complexity index is 542. The average molecular weight is 307 g/mol. The van der Waals surface area contributed by atoms with Crippen molar-refractivity contribution in [2.45, 2.75) is 44.9 Å². The zero-order valence-electron chi connectivity index (χ0n) is 12.9. The number of rotatable bonds is 4. The molecule has 0 N–H and O–H groups in total. The molecule has 3 rings (SSSR count). The Labute approximate surface area is 130 Å². The van der Waals surface area contributed by atoms with Crippen molar-refractivity contribution < 1.29 is 13.6 Å². The molecule has 1 heterocycles. The third-order valence-electron chi connectivity index (χ3n) is 5.12. The molecule has 1 unspecified atom stereocenters. The van der Waals surface area contributed by atoms with Crippen molar-refractivity contribution in [2.24, 2.45) is 11.8 Å². The molecule has 2 fully saturated rings. The molecule has 2 nitrogen and oxygen atoms in total. The molecule has 0 bridgehead atoms. The number of nitrogens with zero attached hydrogens (tertiary/aromatic N) is 1. The lowest BCUT2D eigenvalue weighted by molar-refractivity contribution is -0.140. The number of aryl methyl sites for hydroxylation is 1. The molecule has 2 aliphatic rings. The monoisotopic (exact) mass is 307 g/mol. The van der Waals surface area contributed by atoms with E-state index in [0.29, 0.717) is 23.8 Å². The highest BCUT2D eigenvalue weighted by Crippen LogP contribution is 2.31. The van der Waals surface area contributed by atoms with Crippen LogP contribution in [0, 0.1) is 23.5 Å². The van der Waals surface area contributed by atoms with E-state index in [0.717, 1.165) is 51.3 Å². The van der Waals surface area contributed by atoms with E-state index >= 15 is 0 Å². The quantitative estimate of drug-likeness (QED) is 0.825. The summed E-state index contributed by atoms with van der Waals surface area (Å²) in [6, 6.07) is 3.79. The molecular weight excluding hydrogens is 284 g/mol. The van der Waals surface area contributed by atoms with Crippen LogP contribution in [0.4, 0.5) is 8.78 Å². The number of likely N-dealkylation sites (tertiary alicyclic amines) is 1. The van der Waals surface area contributed by atoms with Crippen molar-refractivity contribution in [3.05, 3.63) is 35.4 Å². The van der Waals surface area contributed by atoms with Crippen LogP contribution in [0.5, 0.6) is 0 Å². The molecule has 1 aromatic carbocycles. The van der Waals surface area contributed by atoms with E-state index < -0.39 is 11.6 Å². The first-order valence-corrected chi connectivity index (χ1v) is 8.36. The molecule has 1 aromatic rings. The van der Waals surface area contributed by atoms with Crippen LogP contribution in [0.3, 0.4) is 0 Å². The second-order valence-electron chi connectivity index (χ2n) is 6.69. The Morgan fingerprint density at radius 2 is 2.00 bits per heavy atom. The summed E-state index contributed by atoms with van der Waals surface area (Å²) in [6.45, 7) is 1.68. The van der Waals surface area contributed by atoms with Gasteiger partial charge in [0.05, 0.1) is 0 Å². The number of carbonyl (C=O) groups is 1. The van der Waals surface area contributed by atoms with Gasteiger partial charge in [-0.05, 0) is 56.1 Å². The largest absolute Gasteiger partial charge is 0.342 e. The van der Waals surface area contributed by atoms with Gasteiger partial charge < -0.3 is 4.90 Å². The second-order valence-corrected chi connectivity index (χ2v) is 6.69. The molecule has 1 amide bonds. The third kappa shape index (κ3) is 3.47. The highest BCUT2D eigenvalue weighted by molar-refractivity contribution is 5.79. The van der Waals surface area contributed by atoms with Crippen molar-refractivity contribution in [1.29, 1.82) is 0 Å². The standard InChI is InChI=1S/C18H23F2NO/c19-16-9-8-14(17(20)11-16)7-6-13-3-2-10-21(12-13)18(22)15-4-1-5-15/h8-9,11,13,15H,1-7,10,12H2. The number of benzene rings is 1. The molecule has 1 saturated heterocycles. The van der Waals surface area contributed by atoms with Crippen molar-refractivity contribution >= 4 is 5.91 Å². The minimum atomic E-state index is -0.531. The topological polar surface area (TPSA) is 20.3 Å². The Balaban J connectivity index is 1.52. The first-order valence-electron chi connectivity index (χ1n) is 8.36. The molecule has 4 heteroatoms. The van der Waals surface area contributed by atoms with Crippen LogP contribution in [0.1, 0.15) is 44.1 Å². The van der Waals surface area contributed by atoms with E-state index in [1.54, 1.807) is 0 Å². The smallest absolute Gasteiger partial charge is 0.225 e. The predicted octanol–water partition coefficient (Wildman–Crippen LogP) is 3.94. The fourth-order valence-corrected chi connectivity index (χ4v) is 3.50. The van der Waals surface area contributed by atoms with Crippen molar-refractivity contribution in [1.82, 2.24) is 4.90 Å². The highest BCUT2D eigenvalue weighted by atomic mass is 19.1. The minimum absolute atomic E-state index is 0.258. The van der Waals surface area contributed by atoms with E-state index in [1.165, 1.54) is 18.6 Å². The van der Waals surface area contributed by atoms with Crippen LogP contribution in [0.15, 0.2) is 18.2 Å². The molecule has 1 saturated carbocycles. The third-order valence-corrected chi connectivity index (χ3v) is 5.12. The van der Waals surface area contributed by atoms with Crippen molar-refractivity contribution in [3.8, 4) is 0 Å². The maximum atomic E-state index is 13.7. The number of hydrogen-bond donors (Lipinski definition) is 0. The maximum Gasteiger partial charge on any atom is 0.225 e. The molecule has 1 aliphatic heterocycles.